The highest BCUT2D eigenvalue weighted by Gasteiger charge is 2.36. The summed E-state index contributed by atoms with van der Waals surface area (Å²) in [6.07, 6.45) is 4.96. The van der Waals surface area contributed by atoms with Gasteiger partial charge in [0.25, 0.3) is 0 Å². The molecule has 0 radical (unpaired) electrons. The summed E-state index contributed by atoms with van der Waals surface area (Å²) in [5.74, 6) is -2.32. The van der Waals surface area contributed by atoms with Crippen molar-refractivity contribution in [3.63, 3.8) is 0 Å². The van der Waals surface area contributed by atoms with E-state index in [0.29, 0.717) is 17.0 Å². The summed E-state index contributed by atoms with van der Waals surface area (Å²) >= 11 is 0. The van der Waals surface area contributed by atoms with Gasteiger partial charge < -0.3 is 9.64 Å². The molecule has 1 aromatic heterocycles. The molecule has 4 rings (SSSR count). The quantitative estimate of drug-likeness (QED) is 0.396. The fraction of sp³-hybridized carbons (Fsp3) is 0.292. The number of aryl methyl sites for hydroxylation is 2. The number of nitrogens with zero attached hydrogens (tertiary/aromatic N) is 3. The Labute approximate surface area is 179 Å². The maximum absolute atomic E-state index is 15.9. The van der Waals surface area contributed by atoms with Gasteiger partial charge in [-0.3, -0.25) is 4.98 Å². The normalized spacial score (nSPS) is 16.6. The fourth-order valence-corrected chi connectivity index (χ4v) is 3.92. The van der Waals surface area contributed by atoms with Gasteiger partial charge in [-0.05, 0) is 63.5 Å². The van der Waals surface area contributed by atoms with Crippen LogP contribution >= 0.6 is 0 Å². The molecule has 2 aliphatic rings. The van der Waals surface area contributed by atoms with Crippen molar-refractivity contribution in [2.24, 2.45) is 0 Å². The van der Waals surface area contributed by atoms with Crippen molar-refractivity contribution in [2.45, 2.75) is 39.7 Å². The van der Waals surface area contributed by atoms with Crippen molar-refractivity contribution in [1.82, 2.24) is 4.98 Å². The molecule has 0 spiro atoms. The Hall–Kier alpha value is -3.53. The van der Waals surface area contributed by atoms with Crippen LogP contribution in [0.3, 0.4) is 0 Å². The first-order valence-corrected chi connectivity index (χ1v) is 10.1. The number of hydrogen-bond donors (Lipinski definition) is 0. The first kappa shape index (κ1) is 20.7. The van der Waals surface area contributed by atoms with Crippen molar-refractivity contribution in [3.8, 4) is 17.2 Å². The number of carbonyl (C=O) groups excluding carboxylic acids is 1. The van der Waals surface area contributed by atoms with E-state index in [-0.39, 0.29) is 40.6 Å². The molecule has 1 fully saturated rings. The van der Waals surface area contributed by atoms with Crippen molar-refractivity contribution in [2.75, 3.05) is 11.5 Å². The highest BCUT2D eigenvalue weighted by Crippen LogP contribution is 2.46. The number of allylic oxidation sites excluding steroid dienone is 2. The number of carbonyl (C=O) groups is 1. The number of hydrogen-bond acceptors (Lipinski definition) is 5. The van der Waals surface area contributed by atoms with Crippen LogP contribution in [-0.4, -0.2) is 23.6 Å². The van der Waals surface area contributed by atoms with Crippen molar-refractivity contribution in [3.05, 3.63) is 64.6 Å². The van der Waals surface area contributed by atoms with Crippen LogP contribution in [0.5, 0.6) is 0 Å². The van der Waals surface area contributed by atoms with Crippen molar-refractivity contribution >= 4 is 17.2 Å². The van der Waals surface area contributed by atoms with Gasteiger partial charge in [-0.25, -0.2) is 13.6 Å². The Morgan fingerprint density at radius 2 is 1.94 bits per heavy atom. The third-order valence-corrected chi connectivity index (χ3v) is 5.31. The summed E-state index contributed by atoms with van der Waals surface area (Å²) in [7, 11) is 0. The van der Waals surface area contributed by atoms with Crippen LogP contribution in [-0.2, 0) is 9.53 Å². The average Bonchev–Trinajstić information content (AvgIpc) is 3.53. The Kier molecular flexibility index (Phi) is 5.32. The van der Waals surface area contributed by atoms with Gasteiger partial charge in [-0.15, -0.1) is 0 Å². The number of benzene rings is 1. The zero-order valence-corrected chi connectivity index (χ0v) is 17.5. The van der Waals surface area contributed by atoms with E-state index in [4.69, 9.17) is 4.74 Å². The largest absolute Gasteiger partial charge is 0.462 e. The summed E-state index contributed by atoms with van der Waals surface area (Å²) in [5, 5.41) is 9.57. The van der Waals surface area contributed by atoms with E-state index < -0.39 is 17.6 Å². The number of fused-ring (bicyclic) bond motifs is 1. The summed E-state index contributed by atoms with van der Waals surface area (Å²) < 4.78 is 36.2. The summed E-state index contributed by atoms with van der Waals surface area (Å²) in [4.78, 5) is 18.3. The molecule has 158 valence electrons. The highest BCUT2D eigenvalue weighted by molar-refractivity contribution is 6.06. The maximum atomic E-state index is 15.9. The molecule has 1 aromatic carbocycles. The van der Waals surface area contributed by atoms with Gasteiger partial charge in [0.05, 0.1) is 17.9 Å². The number of ether oxygens (including phenoxy) is 1. The molecule has 7 heteroatoms. The SMILES string of the molecule is CCOC(=O)/C(C#N)=C1\C=CN(C2CC2)c2c1cc(F)c(-c1cc(C)nc(C)c1)c2F. The Balaban J connectivity index is 1.99. The Morgan fingerprint density at radius 3 is 2.52 bits per heavy atom. The molecule has 0 atom stereocenters. The molecule has 2 aromatic rings. The zero-order chi connectivity index (χ0) is 22.3. The lowest BCUT2D eigenvalue weighted by atomic mass is 9.91. The van der Waals surface area contributed by atoms with Gasteiger partial charge in [0.1, 0.15) is 17.5 Å². The molecule has 0 amide bonds. The minimum absolute atomic E-state index is 0.0878. The van der Waals surface area contributed by atoms with E-state index in [1.807, 2.05) is 6.07 Å². The topological polar surface area (TPSA) is 66.2 Å². The molecule has 0 saturated heterocycles. The second kappa shape index (κ2) is 7.95. The maximum Gasteiger partial charge on any atom is 0.349 e. The van der Waals surface area contributed by atoms with E-state index in [2.05, 4.69) is 4.98 Å². The number of halogens is 2. The smallest absolute Gasteiger partial charge is 0.349 e. The highest BCUT2D eigenvalue weighted by atomic mass is 19.1. The second-order valence-corrected chi connectivity index (χ2v) is 7.66. The molecule has 0 N–H and O–H groups in total. The number of esters is 1. The second-order valence-electron chi connectivity index (χ2n) is 7.66. The molecule has 5 nitrogen and oxygen atoms in total. The third kappa shape index (κ3) is 3.70. The van der Waals surface area contributed by atoms with E-state index in [1.165, 1.54) is 6.07 Å². The third-order valence-electron chi connectivity index (χ3n) is 5.31. The van der Waals surface area contributed by atoms with Crippen LogP contribution in [0.4, 0.5) is 14.5 Å². The molecule has 31 heavy (non-hydrogen) atoms. The molecule has 0 unspecified atom stereocenters. The van der Waals surface area contributed by atoms with Crippen LogP contribution in [0.15, 0.2) is 36.0 Å². The van der Waals surface area contributed by atoms with Crippen molar-refractivity contribution < 1.29 is 18.3 Å². The molecule has 1 aliphatic carbocycles. The molecular formula is C24H21F2N3O2. The standard InChI is InChI=1S/C24H21F2N3O2/c1-4-31-24(30)19(12-27)17-7-8-29(16-5-6-16)23-18(17)11-20(25)21(22(23)26)15-9-13(2)28-14(3)10-15/h7-11,16H,4-6H2,1-3H3/b19-17+. The number of anilines is 1. The number of pyridine rings is 1. The summed E-state index contributed by atoms with van der Waals surface area (Å²) in [6.45, 7) is 5.25. The monoisotopic (exact) mass is 421 g/mol. The summed E-state index contributed by atoms with van der Waals surface area (Å²) in [5.41, 5.74) is 1.75. The number of nitriles is 1. The first-order valence-electron chi connectivity index (χ1n) is 10.1. The van der Waals surface area contributed by atoms with Crippen LogP contribution in [0.2, 0.25) is 0 Å². The van der Waals surface area contributed by atoms with Gasteiger partial charge in [-0.1, -0.05) is 0 Å². The van der Waals surface area contributed by atoms with E-state index in [0.717, 1.165) is 12.8 Å². The fourth-order valence-electron chi connectivity index (χ4n) is 3.92. The number of rotatable bonds is 4. The lowest BCUT2D eigenvalue weighted by Gasteiger charge is -2.29. The number of aromatic nitrogens is 1. The zero-order valence-electron chi connectivity index (χ0n) is 17.5. The van der Waals surface area contributed by atoms with Gasteiger partial charge in [-0.2, -0.15) is 5.26 Å². The van der Waals surface area contributed by atoms with Crippen LogP contribution in [0.1, 0.15) is 36.7 Å². The first-order chi connectivity index (χ1) is 14.8. The Morgan fingerprint density at radius 1 is 1.26 bits per heavy atom. The minimum atomic E-state index is -0.819. The molecule has 0 bridgehead atoms. The van der Waals surface area contributed by atoms with Crippen LogP contribution in [0, 0.1) is 36.8 Å². The molecule has 1 saturated carbocycles. The molecule has 2 heterocycles. The van der Waals surface area contributed by atoms with Gasteiger partial charge in [0, 0.05) is 34.8 Å². The minimum Gasteiger partial charge on any atom is -0.462 e. The van der Waals surface area contributed by atoms with Gasteiger partial charge in [0.15, 0.2) is 5.82 Å². The van der Waals surface area contributed by atoms with Crippen molar-refractivity contribution in [1.29, 1.82) is 5.26 Å². The van der Waals surface area contributed by atoms with Crippen LogP contribution in [0.25, 0.3) is 16.7 Å². The van der Waals surface area contributed by atoms with Crippen LogP contribution < -0.4 is 4.90 Å². The Bertz CT molecular complexity index is 1170. The molecular weight excluding hydrogens is 400 g/mol. The summed E-state index contributed by atoms with van der Waals surface area (Å²) in [6, 6.07) is 6.41. The van der Waals surface area contributed by atoms with Gasteiger partial charge in [0.2, 0.25) is 0 Å². The lowest BCUT2D eigenvalue weighted by molar-refractivity contribution is -0.137. The predicted molar refractivity (Wildman–Crippen MR) is 113 cm³/mol. The van der Waals surface area contributed by atoms with E-state index in [1.54, 1.807) is 50.1 Å². The van der Waals surface area contributed by atoms with E-state index in [9.17, 15) is 10.1 Å². The predicted octanol–water partition coefficient (Wildman–Crippen LogP) is 4.98. The van der Waals surface area contributed by atoms with Gasteiger partial charge >= 0.3 is 5.97 Å². The average molecular weight is 421 g/mol. The molecule has 1 aliphatic heterocycles. The van der Waals surface area contributed by atoms with E-state index >= 15 is 8.78 Å². The lowest BCUT2D eigenvalue weighted by Crippen LogP contribution is -2.25.